The molecule has 6 nitrogen and oxygen atoms in total. The van der Waals surface area contributed by atoms with Crippen LogP contribution in [0.4, 0.5) is 0 Å². The van der Waals surface area contributed by atoms with Gasteiger partial charge in [-0.15, -0.1) is 11.8 Å². The Hall–Kier alpha value is -1.89. The zero-order valence-electron chi connectivity index (χ0n) is 11.6. The lowest BCUT2D eigenvalue weighted by Gasteiger charge is -2.12. The Morgan fingerprint density at radius 3 is 2.70 bits per heavy atom. The van der Waals surface area contributed by atoms with Gasteiger partial charge in [-0.25, -0.2) is 9.67 Å². The zero-order valence-corrected chi connectivity index (χ0v) is 12.4. The number of rotatable bonds is 4. The van der Waals surface area contributed by atoms with Crippen molar-refractivity contribution >= 4 is 28.6 Å². The highest BCUT2D eigenvalue weighted by molar-refractivity contribution is 7.98. The predicted molar refractivity (Wildman–Crippen MR) is 78.9 cm³/mol. The zero-order chi connectivity index (χ0) is 14.9. The number of carbonyl (C=O) groups excluding carboxylic acids is 1. The molecule has 106 valence electrons. The number of hydrogen-bond donors (Lipinski definition) is 1. The first-order valence-electron chi connectivity index (χ1n) is 6.18. The van der Waals surface area contributed by atoms with Crippen LogP contribution in [0.5, 0.6) is 0 Å². The molecule has 0 aliphatic heterocycles. The fourth-order valence-electron chi connectivity index (χ4n) is 1.93. The summed E-state index contributed by atoms with van der Waals surface area (Å²) in [4.78, 5) is 27.8. The molecule has 1 amide bonds. The minimum absolute atomic E-state index is 0.0850. The highest BCUT2D eigenvalue weighted by Crippen LogP contribution is 2.22. The lowest BCUT2D eigenvalue weighted by molar-refractivity contribution is -0.118. The second kappa shape index (κ2) is 5.62. The first-order valence-corrected chi connectivity index (χ1v) is 7.40. The number of amides is 1. The maximum Gasteiger partial charge on any atom is 0.276 e. The predicted octanol–water partition coefficient (Wildman–Crippen LogP) is 1.12. The number of primary amides is 1. The molecule has 7 heteroatoms. The van der Waals surface area contributed by atoms with E-state index in [1.54, 1.807) is 12.1 Å². The van der Waals surface area contributed by atoms with E-state index in [4.69, 9.17) is 5.73 Å². The van der Waals surface area contributed by atoms with Crippen molar-refractivity contribution in [3.63, 3.8) is 0 Å². The molecule has 0 bridgehead atoms. The van der Waals surface area contributed by atoms with Gasteiger partial charge in [-0.05, 0) is 24.3 Å². The summed E-state index contributed by atoms with van der Waals surface area (Å²) >= 11 is 1.50. The molecule has 0 aliphatic rings. The molecule has 2 aromatic heterocycles. The number of nitrogens with two attached hydrogens (primary N) is 1. The number of hydrogen-bond acceptors (Lipinski definition) is 5. The number of fused-ring (bicyclic) bond motifs is 1. The summed E-state index contributed by atoms with van der Waals surface area (Å²) in [6.07, 6.45) is 1.92. The molecule has 0 saturated carbocycles. The van der Waals surface area contributed by atoms with E-state index in [1.165, 1.54) is 11.8 Å². The Morgan fingerprint density at radius 2 is 2.15 bits per heavy atom. The first kappa shape index (κ1) is 14.5. The summed E-state index contributed by atoms with van der Waals surface area (Å²) in [5.41, 5.74) is 6.09. The number of pyridine rings is 1. The van der Waals surface area contributed by atoms with Crippen molar-refractivity contribution in [2.24, 2.45) is 5.73 Å². The average molecular weight is 292 g/mol. The molecular formula is C13H16N4O2S. The second-order valence-corrected chi connectivity index (χ2v) is 5.55. The van der Waals surface area contributed by atoms with E-state index in [0.29, 0.717) is 16.6 Å². The SMILES string of the molecule is CSc1ccc2c(=O)n(CC(N)=O)nc(C(C)C)c2n1. The highest BCUT2D eigenvalue weighted by atomic mass is 32.2. The lowest BCUT2D eigenvalue weighted by Crippen LogP contribution is -2.31. The van der Waals surface area contributed by atoms with Gasteiger partial charge in [0.25, 0.3) is 5.56 Å². The van der Waals surface area contributed by atoms with Gasteiger partial charge >= 0.3 is 0 Å². The summed E-state index contributed by atoms with van der Waals surface area (Å²) in [5.74, 6) is -0.510. The van der Waals surface area contributed by atoms with Crippen LogP contribution in [0.1, 0.15) is 25.5 Å². The standard InChI is InChI=1S/C13H16N4O2S/c1-7(2)11-12-8(4-5-10(15-12)20-3)13(19)17(16-11)6-9(14)18/h4-5,7H,6H2,1-3H3,(H2,14,18). The second-order valence-electron chi connectivity index (χ2n) is 4.72. The summed E-state index contributed by atoms with van der Waals surface area (Å²) in [6.45, 7) is 3.71. The van der Waals surface area contributed by atoms with Crippen LogP contribution in [0.15, 0.2) is 22.0 Å². The van der Waals surface area contributed by atoms with Crippen molar-refractivity contribution in [2.75, 3.05) is 6.26 Å². The molecule has 2 heterocycles. The topological polar surface area (TPSA) is 90.9 Å². The first-order chi connectivity index (χ1) is 9.43. The van der Waals surface area contributed by atoms with Crippen LogP contribution < -0.4 is 11.3 Å². The van der Waals surface area contributed by atoms with Gasteiger partial charge in [-0.1, -0.05) is 13.8 Å². The van der Waals surface area contributed by atoms with E-state index in [9.17, 15) is 9.59 Å². The van der Waals surface area contributed by atoms with Gasteiger partial charge in [-0.2, -0.15) is 5.10 Å². The number of thioether (sulfide) groups is 1. The number of nitrogens with zero attached hydrogens (tertiary/aromatic N) is 3. The van der Waals surface area contributed by atoms with Crippen LogP contribution in [-0.2, 0) is 11.3 Å². The van der Waals surface area contributed by atoms with Crippen LogP contribution in [0, 0.1) is 0 Å². The molecule has 0 aliphatic carbocycles. The highest BCUT2D eigenvalue weighted by Gasteiger charge is 2.15. The Bertz CT molecular complexity index is 724. The van der Waals surface area contributed by atoms with Crippen molar-refractivity contribution in [3.8, 4) is 0 Å². The molecule has 20 heavy (non-hydrogen) atoms. The molecule has 0 saturated heterocycles. The third-order valence-electron chi connectivity index (χ3n) is 2.87. The summed E-state index contributed by atoms with van der Waals surface area (Å²) in [7, 11) is 0. The smallest absolute Gasteiger partial charge is 0.276 e. The van der Waals surface area contributed by atoms with Crippen LogP contribution in [0.3, 0.4) is 0 Å². The maximum atomic E-state index is 12.3. The molecular weight excluding hydrogens is 276 g/mol. The summed E-state index contributed by atoms with van der Waals surface area (Å²) < 4.78 is 1.11. The van der Waals surface area contributed by atoms with E-state index < -0.39 is 5.91 Å². The molecule has 0 aromatic carbocycles. The normalized spacial score (nSPS) is 11.2. The average Bonchev–Trinajstić information content (AvgIpc) is 2.40. The Balaban J connectivity index is 2.79. The maximum absolute atomic E-state index is 12.3. The fourth-order valence-corrected chi connectivity index (χ4v) is 2.31. The molecule has 2 N–H and O–H groups in total. The van der Waals surface area contributed by atoms with Crippen LogP contribution >= 0.6 is 11.8 Å². The summed E-state index contributed by atoms with van der Waals surface area (Å²) in [6, 6.07) is 3.51. The monoisotopic (exact) mass is 292 g/mol. The van der Waals surface area contributed by atoms with Crippen molar-refractivity contribution in [1.29, 1.82) is 0 Å². The molecule has 0 unspecified atom stereocenters. The molecule has 0 spiro atoms. The van der Waals surface area contributed by atoms with E-state index in [0.717, 1.165) is 9.71 Å². The van der Waals surface area contributed by atoms with Crippen LogP contribution in [0.25, 0.3) is 10.9 Å². The van der Waals surface area contributed by atoms with E-state index in [1.807, 2.05) is 20.1 Å². The molecule has 0 radical (unpaired) electrons. The van der Waals surface area contributed by atoms with Crippen LogP contribution in [0.2, 0.25) is 0 Å². The third-order valence-corrected chi connectivity index (χ3v) is 3.51. The van der Waals surface area contributed by atoms with Gasteiger partial charge in [0.05, 0.1) is 16.1 Å². The lowest BCUT2D eigenvalue weighted by atomic mass is 10.1. The minimum atomic E-state index is -0.595. The van der Waals surface area contributed by atoms with Gasteiger partial charge in [0, 0.05) is 0 Å². The van der Waals surface area contributed by atoms with Crippen molar-refractivity contribution in [3.05, 3.63) is 28.2 Å². The van der Waals surface area contributed by atoms with Gasteiger partial charge in [0.2, 0.25) is 5.91 Å². The van der Waals surface area contributed by atoms with Gasteiger partial charge in [-0.3, -0.25) is 9.59 Å². The quantitative estimate of drug-likeness (QED) is 0.853. The largest absolute Gasteiger partial charge is 0.368 e. The molecule has 0 fully saturated rings. The molecule has 0 atom stereocenters. The third kappa shape index (κ3) is 2.67. The van der Waals surface area contributed by atoms with Gasteiger partial charge in [0.1, 0.15) is 12.1 Å². The molecule has 2 rings (SSSR count). The van der Waals surface area contributed by atoms with E-state index in [-0.39, 0.29) is 18.0 Å². The minimum Gasteiger partial charge on any atom is -0.368 e. The molecule has 2 aromatic rings. The van der Waals surface area contributed by atoms with Crippen LogP contribution in [-0.4, -0.2) is 26.9 Å². The number of carbonyl (C=O) groups is 1. The fraction of sp³-hybridized carbons (Fsp3) is 0.385. The van der Waals surface area contributed by atoms with Gasteiger partial charge in [0.15, 0.2) is 0 Å². The van der Waals surface area contributed by atoms with Crippen molar-refractivity contribution in [1.82, 2.24) is 14.8 Å². The van der Waals surface area contributed by atoms with Crippen molar-refractivity contribution in [2.45, 2.75) is 31.3 Å². The van der Waals surface area contributed by atoms with Crippen molar-refractivity contribution < 1.29 is 4.79 Å². The van der Waals surface area contributed by atoms with E-state index >= 15 is 0 Å². The Kier molecular flexibility index (Phi) is 4.08. The number of aromatic nitrogens is 3. The Labute approximate surface area is 120 Å². The Morgan fingerprint density at radius 1 is 1.45 bits per heavy atom. The summed E-state index contributed by atoms with van der Waals surface area (Å²) in [5, 5.41) is 5.54. The van der Waals surface area contributed by atoms with Gasteiger partial charge < -0.3 is 5.73 Å². The van der Waals surface area contributed by atoms with E-state index in [2.05, 4.69) is 10.1 Å².